The highest BCUT2D eigenvalue weighted by atomic mass is 32.1. The summed E-state index contributed by atoms with van der Waals surface area (Å²) in [6, 6.07) is 18.7. The van der Waals surface area contributed by atoms with Gasteiger partial charge in [0.25, 0.3) is 5.56 Å². The standard InChI is InChI=1S/C28H25N3O3S/c1-15-11-20(16(2)29-23-8-6-5-7-19(23)28(33)34)21-14-25(31(4)27(32)22(21)12-15)18-9-10-24-26(13-18)35-17(3)30-24/h5-14,16,29H,1-4H3,(H,33,34). The molecule has 0 saturated carbocycles. The van der Waals surface area contributed by atoms with E-state index in [4.69, 9.17) is 0 Å². The van der Waals surface area contributed by atoms with Crippen molar-refractivity contribution in [2.75, 3.05) is 5.32 Å². The van der Waals surface area contributed by atoms with Gasteiger partial charge in [-0.1, -0.05) is 24.3 Å². The number of nitrogens with zero attached hydrogens (tertiary/aromatic N) is 2. The molecule has 1 unspecified atom stereocenters. The molecule has 0 radical (unpaired) electrons. The first-order valence-corrected chi connectivity index (χ1v) is 12.2. The number of carboxylic acid groups (broad SMARTS) is 1. The summed E-state index contributed by atoms with van der Waals surface area (Å²) in [7, 11) is 1.80. The lowest BCUT2D eigenvalue weighted by Gasteiger charge is -2.21. The van der Waals surface area contributed by atoms with Gasteiger partial charge in [-0.25, -0.2) is 9.78 Å². The van der Waals surface area contributed by atoms with Crippen molar-refractivity contribution in [3.05, 3.63) is 92.7 Å². The summed E-state index contributed by atoms with van der Waals surface area (Å²) >= 11 is 1.63. The van der Waals surface area contributed by atoms with E-state index in [1.54, 1.807) is 47.2 Å². The van der Waals surface area contributed by atoms with Gasteiger partial charge in [0.1, 0.15) is 0 Å². The molecule has 2 aromatic heterocycles. The van der Waals surface area contributed by atoms with Crippen LogP contribution in [0.1, 0.15) is 39.5 Å². The van der Waals surface area contributed by atoms with Gasteiger partial charge in [-0.3, -0.25) is 4.79 Å². The fourth-order valence-corrected chi connectivity index (χ4v) is 5.49. The summed E-state index contributed by atoms with van der Waals surface area (Å²) in [5, 5.41) is 15.4. The predicted molar refractivity (Wildman–Crippen MR) is 143 cm³/mol. The van der Waals surface area contributed by atoms with Gasteiger partial charge in [0.15, 0.2) is 0 Å². The van der Waals surface area contributed by atoms with Gasteiger partial charge in [-0.2, -0.15) is 0 Å². The van der Waals surface area contributed by atoms with E-state index in [-0.39, 0.29) is 17.2 Å². The van der Waals surface area contributed by atoms with Crippen LogP contribution in [0.2, 0.25) is 0 Å². The van der Waals surface area contributed by atoms with Crippen LogP contribution in [0.4, 0.5) is 5.69 Å². The number of rotatable bonds is 5. The second kappa shape index (κ2) is 8.67. The van der Waals surface area contributed by atoms with Crippen molar-refractivity contribution in [3.8, 4) is 11.3 Å². The number of carbonyl (C=O) groups is 1. The van der Waals surface area contributed by atoms with E-state index in [0.717, 1.165) is 43.0 Å². The number of aryl methyl sites for hydroxylation is 2. The number of aromatic carboxylic acids is 1. The van der Waals surface area contributed by atoms with Gasteiger partial charge >= 0.3 is 5.97 Å². The Morgan fingerprint density at radius 1 is 1.06 bits per heavy atom. The molecule has 3 aromatic carbocycles. The monoisotopic (exact) mass is 483 g/mol. The van der Waals surface area contributed by atoms with E-state index < -0.39 is 5.97 Å². The molecule has 0 spiro atoms. The molecule has 0 aliphatic rings. The highest BCUT2D eigenvalue weighted by molar-refractivity contribution is 7.18. The van der Waals surface area contributed by atoms with Crippen LogP contribution in [-0.2, 0) is 7.05 Å². The number of hydrogen-bond donors (Lipinski definition) is 2. The first-order chi connectivity index (χ1) is 16.7. The Balaban J connectivity index is 1.68. The zero-order valence-electron chi connectivity index (χ0n) is 19.9. The smallest absolute Gasteiger partial charge is 0.337 e. The third-order valence-corrected chi connectivity index (χ3v) is 7.25. The molecule has 6 nitrogen and oxygen atoms in total. The summed E-state index contributed by atoms with van der Waals surface area (Å²) in [4.78, 5) is 29.7. The van der Waals surface area contributed by atoms with Gasteiger partial charge in [-0.05, 0) is 79.2 Å². The van der Waals surface area contributed by atoms with E-state index >= 15 is 0 Å². The maximum absolute atomic E-state index is 13.5. The Bertz CT molecular complexity index is 1680. The van der Waals surface area contributed by atoms with Crippen LogP contribution in [0.3, 0.4) is 0 Å². The Morgan fingerprint density at radius 3 is 2.60 bits per heavy atom. The summed E-state index contributed by atoms with van der Waals surface area (Å²) in [6.07, 6.45) is 0. The van der Waals surface area contributed by atoms with Gasteiger partial charge in [-0.15, -0.1) is 11.3 Å². The molecule has 0 fully saturated rings. The number of thiazole rings is 1. The third kappa shape index (κ3) is 4.08. The number of benzene rings is 3. The minimum absolute atomic E-state index is 0.0684. The predicted octanol–water partition coefficient (Wildman–Crippen LogP) is 6.30. The Morgan fingerprint density at radius 2 is 1.83 bits per heavy atom. The van der Waals surface area contributed by atoms with E-state index in [1.165, 1.54) is 0 Å². The zero-order chi connectivity index (χ0) is 24.9. The number of hydrogen-bond acceptors (Lipinski definition) is 5. The molecule has 7 heteroatoms. The second-order valence-electron chi connectivity index (χ2n) is 8.84. The minimum atomic E-state index is -0.987. The molecule has 0 amide bonds. The average Bonchev–Trinajstić information content (AvgIpc) is 3.20. The topological polar surface area (TPSA) is 84.2 Å². The maximum Gasteiger partial charge on any atom is 0.337 e. The average molecular weight is 484 g/mol. The lowest BCUT2D eigenvalue weighted by Crippen LogP contribution is -2.20. The molecule has 0 aliphatic heterocycles. The molecule has 0 saturated heterocycles. The largest absolute Gasteiger partial charge is 0.478 e. The van der Waals surface area contributed by atoms with E-state index in [0.29, 0.717) is 11.1 Å². The van der Waals surface area contributed by atoms with Gasteiger partial charge < -0.3 is 15.0 Å². The normalized spacial score (nSPS) is 12.2. The fraction of sp³-hybridized carbons (Fsp3) is 0.179. The molecule has 0 aliphatic carbocycles. The molecular formula is C28H25N3O3S. The molecule has 5 rings (SSSR count). The summed E-state index contributed by atoms with van der Waals surface area (Å²) in [5.74, 6) is -0.987. The quantitative estimate of drug-likeness (QED) is 0.306. The third-order valence-electron chi connectivity index (χ3n) is 6.32. The highest BCUT2D eigenvalue weighted by Gasteiger charge is 2.18. The van der Waals surface area contributed by atoms with Crippen LogP contribution >= 0.6 is 11.3 Å². The van der Waals surface area contributed by atoms with Crippen LogP contribution in [0, 0.1) is 13.8 Å². The summed E-state index contributed by atoms with van der Waals surface area (Å²) in [5.41, 5.74) is 5.31. The molecule has 1 atom stereocenters. The number of pyridine rings is 1. The lowest BCUT2D eigenvalue weighted by atomic mass is 9.95. The van der Waals surface area contributed by atoms with Crippen LogP contribution in [-0.4, -0.2) is 20.6 Å². The molecule has 2 heterocycles. The fourth-order valence-electron chi connectivity index (χ4n) is 4.63. The first kappa shape index (κ1) is 22.8. The Hall–Kier alpha value is -3.97. The van der Waals surface area contributed by atoms with Gasteiger partial charge in [0.2, 0.25) is 0 Å². The number of carboxylic acids is 1. The summed E-state index contributed by atoms with van der Waals surface area (Å²) < 4.78 is 2.77. The Labute approximate surface area is 206 Å². The van der Waals surface area contributed by atoms with Crippen LogP contribution in [0.15, 0.2) is 65.5 Å². The van der Waals surface area contributed by atoms with Crippen LogP contribution in [0.5, 0.6) is 0 Å². The van der Waals surface area contributed by atoms with Crippen molar-refractivity contribution in [3.63, 3.8) is 0 Å². The zero-order valence-corrected chi connectivity index (χ0v) is 20.7. The molecule has 2 N–H and O–H groups in total. The van der Waals surface area contributed by atoms with E-state index in [1.807, 2.05) is 39.0 Å². The maximum atomic E-state index is 13.5. The second-order valence-corrected chi connectivity index (χ2v) is 10.1. The van der Waals surface area contributed by atoms with E-state index in [9.17, 15) is 14.7 Å². The van der Waals surface area contributed by atoms with E-state index in [2.05, 4.69) is 28.5 Å². The SMILES string of the molecule is Cc1cc(C(C)Nc2ccccc2C(=O)O)c2cc(-c3ccc4nc(C)sc4c3)n(C)c(=O)c2c1. The van der Waals surface area contributed by atoms with Crippen molar-refractivity contribution >= 4 is 44.0 Å². The number of para-hydroxylation sites is 1. The number of aromatic nitrogens is 2. The number of fused-ring (bicyclic) bond motifs is 2. The molecule has 0 bridgehead atoms. The van der Waals surface area contributed by atoms with Crippen molar-refractivity contribution < 1.29 is 9.90 Å². The van der Waals surface area contributed by atoms with Crippen LogP contribution in [0.25, 0.3) is 32.2 Å². The van der Waals surface area contributed by atoms with Crippen molar-refractivity contribution in [1.82, 2.24) is 9.55 Å². The highest BCUT2D eigenvalue weighted by Crippen LogP contribution is 2.33. The first-order valence-electron chi connectivity index (χ1n) is 11.3. The number of nitrogens with one attached hydrogen (secondary N) is 1. The minimum Gasteiger partial charge on any atom is -0.478 e. The Kier molecular flexibility index (Phi) is 5.65. The van der Waals surface area contributed by atoms with Crippen molar-refractivity contribution in [1.29, 1.82) is 0 Å². The molecule has 35 heavy (non-hydrogen) atoms. The lowest BCUT2D eigenvalue weighted by molar-refractivity contribution is 0.0698. The van der Waals surface area contributed by atoms with Gasteiger partial charge in [0.05, 0.1) is 26.5 Å². The van der Waals surface area contributed by atoms with Crippen molar-refractivity contribution in [2.24, 2.45) is 7.05 Å². The molecular weight excluding hydrogens is 458 g/mol. The van der Waals surface area contributed by atoms with Crippen LogP contribution < -0.4 is 10.9 Å². The summed E-state index contributed by atoms with van der Waals surface area (Å²) in [6.45, 7) is 5.94. The van der Waals surface area contributed by atoms with Gasteiger partial charge in [0, 0.05) is 24.2 Å². The van der Waals surface area contributed by atoms with Crippen molar-refractivity contribution in [2.45, 2.75) is 26.8 Å². The molecule has 176 valence electrons. The molecule has 5 aromatic rings. The number of anilines is 1.